The zero-order chi connectivity index (χ0) is 13.0. The summed E-state index contributed by atoms with van der Waals surface area (Å²) in [6.07, 6.45) is 5.05. The van der Waals surface area contributed by atoms with Gasteiger partial charge in [-0.1, -0.05) is 19.8 Å². The Morgan fingerprint density at radius 3 is 2.94 bits per heavy atom. The van der Waals surface area contributed by atoms with Crippen molar-refractivity contribution < 1.29 is 0 Å². The van der Waals surface area contributed by atoms with Gasteiger partial charge in [-0.3, -0.25) is 4.99 Å². The van der Waals surface area contributed by atoms with Crippen LogP contribution in [-0.4, -0.2) is 23.5 Å². The largest absolute Gasteiger partial charge is 0.370 e. The minimum absolute atomic E-state index is 0.340. The van der Waals surface area contributed by atoms with E-state index >= 15 is 0 Å². The van der Waals surface area contributed by atoms with E-state index in [0.29, 0.717) is 24.5 Å². The van der Waals surface area contributed by atoms with Crippen molar-refractivity contribution in [3.63, 3.8) is 0 Å². The van der Waals surface area contributed by atoms with E-state index in [1.807, 2.05) is 6.92 Å². The fourth-order valence-electron chi connectivity index (χ4n) is 2.24. The summed E-state index contributed by atoms with van der Waals surface area (Å²) in [5.74, 6) is 0.926. The molecule has 0 radical (unpaired) electrons. The molecule has 1 atom stereocenters. The smallest absolute Gasteiger partial charge is 0.188 e. The summed E-state index contributed by atoms with van der Waals surface area (Å²) in [6, 6.07) is 0.533. The summed E-state index contributed by atoms with van der Waals surface area (Å²) >= 11 is 1.70. The number of nitrogens with zero attached hydrogens (tertiary/aromatic N) is 2. The van der Waals surface area contributed by atoms with Gasteiger partial charge in [0.2, 0.25) is 0 Å². The van der Waals surface area contributed by atoms with Gasteiger partial charge in [0.15, 0.2) is 5.96 Å². The average Bonchev–Trinajstić information content (AvgIpc) is 2.97. The predicted octanol–water partition coefficient (Wildman–Crippen LogP) is 2.40. The van der Waals surface area contributed by atoms with Crippen molar-refractivity contribution >= 4 is 17.3 Å². The highest BCUT2D eigenvalue weighted by Crippen LogP contribution is 2.20. The zero-order valence-corrected chi connectivity index (χ0v) is 12.0. The molecule has 1 fully saturated rings. The van der Waals surface area contributed by atoms with Gasteiger partial charge in [-0.05, 0) is 19.8 Å². The summed E-state index contributed by atoms with van der Waals surface area (Å²) in [5, 5.41) is 6.52. The van der Waals surface area contributed by atoms with Gasteiger partial charge >= 0.3 is 0 Å². The second-order valence-corrected chi connectivity index (χ2v) is 5.97. The van der Waals surface area contributed by atoms with Crippen LogP contribution in [0.5, 0.6) is 0 Å². The van der Waals surface area contributed by atoms with Crippen LogP contribution in [0.15, 0.2) is 10.4 Å². The maximum Gasteiger partial charge on any atom is 0.188 e. The number of nitrogens with one attached hydrogen (secondary N) is 1. The highest BCUT2D eigenvalue weighted by molar-refractivity contribution is 7.09. The lowest BCUT2D eigenvalue weighted by Gasteiger charge is -2.13. The molecule has 0 aliphatic heterocycles. The molecule has 1 aromatic heterocycles. The highest BCUT2D eigenvalue weighted by atomic mass is 32.1. The van der Waals surface area contributed by atoms with E-state index in [1.54, 1.807) is 11.3 Å². The van der Waals surface area contributed by atoms with Gasteiger partial charge in [0.1, 0.15) is 0 Å². The summed E-state index contributed by atoms with van der Waals surface area (Å²) in [4.78, 5) is 8.90. The number of rotatable bonds is 4. The molecule has 0 bridgehead atoms. The molecule has 100 valence electrons. The van der Waals surface area contributed by atoms with Gasteiger partial charge in [0, 0.05) is 23.0 Å². The van der Waals surface area contributed by atoms with Crippen LogP contribution in [-0.2, 0) is 0 Å². The predicted molar refractivity (Wildman–Crippen MR) is 77.1 cm³/mol. The Morgan fingerprint density at radius 1 is 1.61 bits per heavy atom. The van der Waals surface area contributed by atoms with Gasteiger partial charge in [0.05, 0.1) is 11.6 Å². The molecule has 1 saturated carbocycles. The molecule has 0 saturated heterocycles. The van der Waals surface area contributed by atoms with Crippen LogP contribution >= 0.6 is 11.3 Å². The van der Waals surface area contributed by atoms with Crippen LogP contribution < -0.4 is 11.1 Å². The van der Waals surface area contributed by atoms with Crippen molar-refractivity contribution in [1.82, 2.24) is 10.3 Å². The summed E-state index contributed by atoms with van der Waals surface area (Å²) in [5.41, 5.74) is 6.99. The molecule has 4 nitrogen and oxygen atoms in total. The Balaban J connectivity index is 1.81. The fourth-order valence-corrected chi connectivity index (χ4v) is 3.08. The third-order valence-electron chi connectivity index (χ3n) is 3.30. The SMILES string of the molecule is Cc1csc(C(C)CN=C(N)NC2CCCC2)n1. The number of nitrogens with two attached hydrogens (primary N) is 1. The fraction of sp³-hybridized carbons (Fsp3) is 0.692. The molecule has 5 heteroatoms. The van der Waals surface area contributed by atoms with E-state index < -0.39 is 0 Å². The third kappa shape index (κ3) is 3.70. The molecule has 1 aliphatic rings. The molecule has 0 spiro atoms. The quantitative estimate of drug-likeness (QED) is 0.650. The van der Waals surface area contributed by atoms with Crippen molar-refractivity contribution in [2.45, 2.75) is 51.5 Å². The summed E-state index contributed by atoms with van der Waals surface area (Å²) < 4.78 is 0. The van der Waals surface area contributed by atoms with E-state index in [9.17, 15) is 0 Å². The molecule has 18 heavy (non-hydrogen) atoms. The maximum atomic E-state index is 5.91. The summed E-state index contributed by atoms with van der Waals surface area (Å²) in [7, 11) is 0. The van der Waals surface area contributed by atoms with Gasteiger partial charge in [-0.15, -0.1) is 11.3 Å². The van der Waals surface area contributed by atoms with E-state index in [2.05, 4.69) is 27.6 Å². The topological polar surface area (TPSA) is 63.3 Å². The van der Waals surface area contributed by atoms with Crippen LogP contribution in [0.3, 0.4) is 0 Å². The minimum atomic E-state index is 0.340. The molecule has 1 unspecified atom stereocenters. The Kier molecular flexibility index (Phi) is 4.58. The normalized spacial score (nSPS) is 19.1. The van der Waals surface area contributed by atoms with Crippen LogP contribution in [0.4, 0.5) is 0 Å². The number of aromatic nitrogens is 1. The van der Waals surface area contributed by atoms with Crippen LogP contribution in [0.25, 0.3) is 0 Å². The molecule has 0 amide bonds. The van der Waals surface area contributed by atoms with E-state index in [0.717, 1.165) is 10.7 Å². The van der Waals surface area contributed by atoms with E-state index in [4.69, 9.17) is 5.73 Å². The Morgan fingerprint density at radius 2 is 2.33 bits per heavy atom. The number of thiazole rings is 1. The van der Waals surface area contributed by atoms with Gasteiger partial charge in [0.25, 0.3) is 0 Å². The number of guanidine groups is 1. The molecular formula is C13H22N4S. The van der Waals surface area contributed by atoms with Gasteiger partial charge < -0.3 is 11.1 Å². The Hall–Kier alpha value is -1.10. The molecule has 0 aromatic carbocycles. The molecule has 1 aromatic rings. The van der Waals surface area contributed by atoms with E-state index in [1.165, 1.54) is 25.7 Å². The first-order valence-electron chi connectivity index (χ1n) is 6.63. The first-order valence-corrected chi connectivity index (χ1v) is 7.51. The molecule has 1 heterocycles. The molecular weight excluding hydrogens is 244 g/mol. The lowest BCUT2D eigenvalue weighted by molar-refractivity contribution is 0.623. The van der Waals surface area contributed by atoms with Crippen LogP contribution in [0.2, 0.25) is 0 Å². The van der Waals surface area contributed by atoms with Crippen LogP contribution in [0.1, 0.15) is 49.2 Å². The molecule has 3 N–H and O–H groups in total. The highest BCUT2D eigenvalue weighted by Gasteiger charge is 2.15. The van der Waals surface area contributed by atoms with Crippen molar-refractivity contribution in [1.29, 1.82) is 0 Å². The molecule has 1 aliphatic carbocycles. The van der Waals surface area contributed by atoms with Crippen molar-refractivity contribution in [3.05, 3.63) is 16.1 Å². The third-order valence-corrected chi connectivity index (χ3v) is 4.50. The van der Waals surface area contributed by atoms with Crippen molar-refractivity contribution in [2.24, 2.45) is 10.7 Å². The lowest BCUT2D eigenvalue weighted by atomic mass is 10.2. The van der Waals surface area contributed by atoms with Gasteiger partial charge in [-0.25, -0.2) is 4.98 Å². The standard InChI is InChI=1S/C13H22N4S/c1-9(12-16-10(2)8-18-12)7-15-13(14)17-11-5-3-4-6-11/h8-9,11H,3-7H2,1-2H3,(H3,14,15,17). The minimum Gasteiger partial charge on any atom is -0.370 e. The monoisotopic (exact) mass is 266 g/mol. The number of aryl methyl sites for hydroxylation is 1. The second-order valence-electron chi connectivity index (χ2n) is 5.08. The van der Waals surface area contributed by atoms with E-state index in [-0.39, 0.29) is 0 Å². The number of aliphatic imine (C=N–C) groups is 1. The number of hydrogen-bond acceptors (Lipinski definition) is 3. The average molecular weight is 266 g/mol. The zero-order valence-electron chi connectivity index (χ0n) is 11.1. The number of hydrogen-bond donors (Lipinski definition) is 2. The maximum absolute atomic E-state index is 5.91. The first kappa shape index (κ1) is 13.3. The second kappa shape index (κ2) is 6.18. The Bertz CT molecular complexity index is 407. The van der Waals surface area contributed by atoms with Gasteiger partial charge in [-0.2, -0.15) is 0 Å². The van der Waals surface area contributed by atoms with Crippen molar-refractivity contribution in [3.8, 4) is 0 Å². The lowest BCUT2D eigenvalue weighted by Crippen LogP contribution is -2.38. The molecule has 2 rings (SSSR count). The van der Waals surface area contributed by atoms with Crippen LogP contribution in [0, 0.1) is 6.92 Å². The first-order chi connectivity index (χ1) is 8.65. The Labute approximate surface area is 113 Å². The van der Waals surface area contributed by atoms with Crippen molar-refractivity contribution in [2.75, 3.05) is 6.54 Å². The summed E-state index contributed by atoms with van der Waals surface area (Å²) in [6.45, 7) is 4.87.